The average Bonchev–Trinajstić information content (AvgIpc) is 3.40. The van der Waals surface area contributed by atoms with Crippen molar-refractivity contribution >= 4 is 22.6 Å². The van der Waals surface area contributed by atoms with Crippen LogP contribution >= 0.6 is 0 Å². The van der Waals surface area contributed by atoms with E-state index in [1.165, 1.54) is 18.9 Å². The van der Waals surface area contributed by atoms with E-state index in [0.717, 1.165) is 37.0 Å². The summed E-state index contributed by atoms with van der Waals surface area (Å²) in [5.41, 5.74) is 2.81. The summed E-state index contributed by atoms with van der Waals surface area (Å²) in [6.07, 6.45) is 11.4. The van der Waals surface area contributed by atoms with Gasteiger partial charge in [-0.25, -0.2) is 9.37 Å². The summed E-state index contributed by atoms with van der Waals surface area (Å²) in [4.78, 5) is 16.5. The second-order valence-electron chi connectivity index (χ2n) is 8.63. The van der Waals surface area contributed by atoms with Gasteiger partial charge in [-0.1, -0.05) is 0 Å². The summed E-state index contributed by atoms with van der Waals surface area (Å²) in [7, 11) is 1.59. The summed E-state index contributed by atoms with van der Waals surface area (Å²) in [6, 6.07) is 1.80. The summed E-state index contributed by atoms with van der Waals surface area (Å²) < 4.78 is 27.2. The molecule has 2 aliphatic rings. The van der Waals surface area contributed by atoms with Gasteiger partial charge in [0.2, 0.25) is 11.8 Å². The maximum atomic E-state index is 14.5. The van der Waals surface area contributed by atoms with E-state index in [4.69, 9.17) is 9.47 Å². The Bertz CT molecular complexity index is 1270. The number of nitrogens with one attached hydrogen (secondary N) is 2. The number of anilines is 1. The largest absolute Gasteiger partial charge is 0.480 e. The molecule has 1 saturated carbocycles. The van der Waals surface area contributed by atoms with Crippen molar-refractivity contribution in [3.05, 3.63) is 36.7 Å². The molecule has 160 valence electrons. The molecule has 0 radical (unpaired) electrons. The molecule has 31 heavy (non-hydrogen) atoms. The van der Waals surface area contributed by atoms with Gasteiger partial charge in [-0.3, -0.25) is 0 Å². The van der Waals surface area contributed by atoms with E-state index in [0.29, 0.717) is 40.1 Å². The maximum absolute atomic E-state index is 14.5. The van der Waals surface area contributed by atoms with Crippen LogP contribution in [0.1, 0.15) is 25.7 Å². The molecule has 2 fully saturated rings. The van der Waals surface area contributed by atoms with Gasteiger partial charge in [0.15, 0.2) is 11.5 Å². The first-order valence-electron chi connectivity index (χ1n) is 10.5. The van der Waals surface area contributed by atoms with Crippen LogP contribution in [-0.2, 0) is 4.74 Å². The minimum atomic E-state index is -0.387. The zero-order valence-corrected chi connectivity index (χ0v) is 17.2. The fraction of sp³-hybridized carbons (Fsp3) is 0.409. The van der Waals surface area contributed by atoms with Crippen LogP contribution in [0.3, 0.4) is 0 Å². The smallest absolute Gasteiger partial charge is 0.228 e. The minimum absolute atomic E-state index is 0.293. The third kappa shape index (κ3) is 3.03. The molecule has 1 saturated heterocycles. The molecular weight excluding hydrogens is 399 g/mol. The third-order valence-corrected chi connectivity index (χ3v) is 6.64. The number of aromatic nitrogens is 5. The van der Waals surface area contributed by atoms with Crippen molar-refractivity contribution in [3.8, 4) is 17.0 Å². The van der Waals surface area contributed by atoms with Crippen molar-refractivity contribution in [2.75, 3.05) is 25.6 Å². The Morgan fingerprint density at radius 1 is 1.29 bits per heavy atom. The number of rotatable bonds is 4. The molecule has 0 amide bonds. The Kier molecular flexibility index (Phi) is 4.14. The molecule has 0 atom stereocenters. The van der Waals surface area contributed by atoms with Gasteiger partial charge in [-0.05, 0) is 31.7 Å². The van der Waals surface area contributed by atoms with Crippen LogP contribution in [0.2, 0.25) is 0 Å². The van der Waals surface area contributed by atoms with E-state index in [9.17, 15) is 4.39 Å². The molecule has 4 aromatic rings. The van der Waals surface area contributed by atoms with Crippen LogP contribution in [0.4, 0.5) is 10.3 Å². The van der Waals surface area contributed by atoms with Gasteiger partial charge in [-0.2, -0.15) is 9.97 Å². The van der Waals surface area contributed by atoms with E-state index in [2.05, 4.69) is 25.3 Å². The predicted octanol–water partition coefficient (Wildman–Crippen LogP) is 3.79. The van der Waals surface area contributed by atoms with Crippen LogP contribution in [0.5, 0.6) is 5.88 Å². The minimum Gasteiger partial charge on any atom is -0.480 e. The molecule has 1 aliphatic carbocycles. The number of halogens is 1. The van der Waals surface area contributed by atoms with Crippen LogP contribution in [0, 0.1) is 11.2 Å². The number of nitrogens with zero attached hydrogens (tertiary/aromatic N) is 4. The van der Waals surface area contributed by atoms with E-state index < -0.39 is 0 Å². The predicted molar refractivity (Wildman–Crippen MR) is 114 cm³/mol. The number of fused-ring (bicyclic) bond motifs is 2. The van der Waals surface area contributed by atoms with Gasteiger partial charge in [0.25, 0.3) is 0 Å². The van der Waals surface area contributed by atoms with E-state index in [1.54, 1.807) is 23.9 Å². The normalized spacial score (nSPS) is 18.5. The van der Waals surface area contributed by atoms with Crippen LogP contribution in [-0.4, -0.2) is 50.7 Å². The van der Waals surface area contributed by atoms with Crippen molar-refractivity contribution < 1.29 is 13.9 Å². The number of pyridine rings is 1. The molecule has 0 unspecified atom stereocenters. The molecule has 5 heterocycles. The van der Waals surface area contributed by atoms with Gasteiger partial charge in [0, 0.05) is 47.4 Å². The molecule has 6 rings (SSSR count). The van der Waals surface area contributed by atoms with E-state index >= 15 is 0 Å². The molecule has 2 N–H and O–H groups in total. The number of methoxy groups -OCH3 is 1. The van der Waals surface area contributed by atoms with E-state index in [-0.39, 0.29) is 5.82 Å². The van der Waals surface area contributed by atoms with Crippen LogP contribution < -0.4 is 10.1 Å². The number of H-pyrrole nitrogens is 1. The summed E-state index contributed by atoms with van der Waals surface area (Å²) >= 11 is 0. The Morgan fingerprint density at radius 2 is 2.13 bits per heavy atom. The van der Waals surface area contributed by atoms with Gasteiger partial charge in [0.1, 0.15) is 5.65 Å². The lowest BCUT2D eigenvalue weighted by atomic mass is 9.71. The van der Waals surface area contributed by atoms with Gasteiger partial charge >= 0.3 is 0 Å². The first-order chi connectivity index (χ1) is 15.1. The number of ether oxygens (including phenoxy) is 2. The van der Waals surface area contributed by atoms with Gasteiger partial charge in [-0.15, -0.1) is 0 Å². The fourth-order valence-electron chi connectivity index (χ4n) is 4.81. The monoisotopic (exact) mass is 422 g/mol. The number of imidazole rings is 1. The Morgan fingerprint density at radius 3 is 2.87 bits per heavy atom. The second-order valence-corrected chi connectivity index (χ2v) is 8.63. The topological polar surface area (TPSA) is 89.4 Å². The van der Waals surface area contributed by atoms with Crippen molar-refractivity contribution in [1.82, 2.24) is 24.3 Å². The zero-order valence-electron chi connectivity index (χ0n) is 17.2. The standard InChI is InChI=1S/C22H23FN6O2/c1-30-20-17-15(13-8-16(23)19-24-6-7-29(19)10-13)9-25-18(17)27-21(28-20)26-14-2-4-22(5-3-14)11-31-12-22/h6-10,14H,2-5,11-12H2,1H3,(H2,25,26,27,28). The Hall–Kier alpha value is -3.20. The van der Waals surface area contributed by atoms with Crippen LogP contribution in [0.25, 0.3) is 27.8 Å². The fourth-order valence-corrected chi connectivity index (χ4v) is 4.81. The summed E-state index contributed by atoms with van der Waals surface area (Å²) in [5, 5.41) is 4.20. The molecule has 8 nitrogen and oxygen atoms in total. The molecule has 0 aromatic carbocycles. The number of hydrogen-bond donors (Lipinski definition) is 2. The lowest BCUT2D eigenvalue weighted by Crippen LogP contribution is -2.47. The SMILES string of the molecule is COc1nc(NC2CCC3(CC2)COC3)nc2[nH]cc(-c3cc(F)c4nccn4c3)c12. The van der Waals surface area contributed by atoms with Crippen molar-refractivity contribution in [2.45, 2.75) is 31.7 Å². The second kappa shape index (κ2) is 6.91. The maximum Gasteiger partial charge on any atom is 0.228 e. The highest BCUT2D eigenvalue weighted by Crippen LogP contribution is 2.43. The van der Waals surface area contributed by atoms with Gasteiger partial charge < -0.3 is 24.2 Å². The molecule has 1 aliphatic heterocycles. The van der Waals surface area contributed by atoms with Crippen molar-refractivity contribution in [1.29, 1.82) is 0 Å². The lowest BCUT2D eigenvalue weighted by Gasteiger charge is -2.46. The van der Waals surface area contributed by atoms with Crippen molar-refractivity contribution in [2.24, 2.45) is 5.41 Å². The molecule has 4 aromatic heterocycles. The zero-order chi connectivity index (χ0) is 21.0. The van der Waals surface area contributed by atoms with Crippen molar-refractivity contribution in [3.63, 3.8) is 0 Å². The van der Waals surface area contributed by atoms with Gasteiger partial charge in [0.05, 0.1) is 25.7 Å². The average molecular weight is 422 g/mol. The molecule has 0 bridgehead atoms. The highest BCUT2D eigenvalue weighted by molar-refractivity contribution is 5.97. The summed E-state index contributed by atoms with van der Waals surface area (Å²) in [5.74, 6) is 0.608. The highest BCUT2D eigenvalue weighted by atomic mass is 19.1. The lowest BCUT2D eigenvalue weighted by molar-refractivity contribution is -0.131. The third-order valence-electron chi connectivity index (χ3n) is 6.64. The molecule has 1 spiro atoms. The van der Waals surface area contributed by atoms with E-state index in [1.807, 2.05) is 12.4 Å². The van der Waals surface area contributed by atoms with Crippen LogP contribution in [0.15, 0.2) is 30.9 Å². The highest BCUT2D eigenvalue weighted by Gasteiger charge is 2.41. The number of hydrogen-bond acceptors (Lipinski definition) is 6. The summed E-state index contributed by atoms with van der Waals surface area (Å²) in [6.45, 7) is 1.79. The first-order valence-corrected chi connectivity index (χ1v) is 10.5. The Labute approximate surface area is 177 Å². The Balaban J connectivity index is 1.33. The first kappa shape index (κ1) is 18.6. The molecule has 9 heteroatoms. The molecular formula is C22H23FN6O2. The quantitative estimate of drug-likeness (QED) is 0.520. The number of aromatic amines is 1.